The average molecular weight is 251 g/mol. The normalized spacial score (nSPS) is 11.3. The predicted octanol–water partition coefficient (Wildman–Crippen LogP) is 2.54. The van der Waals surface area contributed by atoms with Crippen LogP contribution in [-0.4, -0.2) is 29.8 Å². The molecule has 0 aliphatic rings. The van der Waals surface area contributed by atoms with Crippen molar-refractivity contribution >= 4 is 5.97 Å². The quantitative estimate of drug-likeness (QED) is 0.731. The number of carboxylic acid groups (broad SMARTS) is 1. The van der Waals surface area contributed by atoms with Crippen molar-refractivity contribution < 1.29 is 14.6 Å². The van der Waals surface area contributed by atoms with Gasteiger partial charge in [-0.15, -0.1) is 0 Å². The van der Waals surface area contributed by atoms with Gasteiger partial charge in [-0.1, -0.05) is 13.0 Å². The Labute approximate surface area is 108 Å². The molecule has 0 spiro atoms. The highest BCUT2D eigenvalue weighted by Crippen LogP contribution is 2.13. The maximum Gasteiger partial charge on any atom is 0.335 e. The lowest BCUT2D eigenvalue weighted by Gasteiger charge is -2.24. The minimum absolute atomic E-state index is 0.103. The lowest BCUT2D eigenvalue weighted by atomic mass is 10.0. The molecule has 1 rings (SSSR count). The van der Waals surface area contributed by atoms with Crippen LogP contribution < -0.4 is 10.1 Å². The van der Waals surface area contributed by atoms with Crippen molar-refractivity contribution in [2.45, 2.75) is 32.7 Å². The smallest absolute Gasteiger partial charge is 0.335 e. The van der Waals surface area contributed by atoms with Crippen LogP contribution in [-0.2, 0) is 0 Å². The van der Waals surface area contributed by atoms with Gasteiger partial charge in [0, 0.05) is 12.1 Å². The molecular weight excluding hydrogens is 230 g/mol. The molecule has 0 aliphatic carbocycles. The van der Waals surface area contributed by atoms with E-state index in [1.54, 1.807) is 18.2 Å². The Morgan fingerprint density at radius 3 is 2.78 bits per heavy atom. The van der Waals surface area contributed by atoms with Gasteiger partial charge < -0.3 is 15.2 Å². The van der Waals surface area contributed by atoms with E-state index in [-0.39, 0.29) is 11.1 Å². The Morgan fingerprint density at radius 1 is 1.44 bits per heavy atom. The Kier molecular flexibility index (Phi) is 5.16. The van der Waals surface area contributed by atoms with E-state index in [9.17, 15) is 4.79 Å². The van der Waals surface area contributed by atoms with Crippen molar-refractivity contribution in [3.8, 4) is 5.75 Å². The first kappa shape index (κ1) is 14.5. The first-order chi connectivity index (χ1) is 8.44. The van der Waals surface area contributed by atoms with Gasteiger partial charge in [0.1, 0.15) is 12.4 Å². The number of hydrogen-bond acceptors (Lipinski definition) is 3. The highest BCUT2D eigenvalue weighted by Gasteiger charge is 2.12. The molecule has 0 bridgehead atoms. The van der Waals surface area contributed by atoms with Crippen LogP contribution in [0.5, 0.6) is 5.75 Å². The Balaban J connectivity index is 2.40. The van der Waals surface area contributed by atoms with E-state index in [0.717, 1.165) is 13.0 Å². The molecule has 4 heteroatoms. The Hall–Kier alpha value is -1.55. The van der Waals surface area contributed by atoms with Crippen molar-refractivity contribution in [1.82, 2.24) is 5.32 Å². The van der Waals surface area contributed by atoms with Gasteiger partial charge in [-0.2, -0.15) is 0 Å². The van der Waals surface area contributed by atoms with Crippen LogP contribution in [0.15, 0.2) is 24.3 Å². The first-order valence-electron chi connectivity index (χ1n) is 6.16. The maximum absolute atomic E-state index is 10.8. The topological polar surface area (TPSA) is 58.6 Å². The van der Waals surface area contributed by atoms with Crippen molar-refractivity contribution in [2.75, 3.05) is 13.2 Å². The van der Waals surface area contributed by atoms with Crippen LogP contribution in [0.4, 0.5) is 0 Å². The molecule has 2 N–H and O–H groups in total. The average Bonchev–Trinajstić information content (AvgIpc) is 2.35. The monoisotopic (exact) mass is 251 g/mol. The van der Waals surface area contributed by atoms with Gasteiger partial charge in [-0.05, 0) is 38.5 Å². The summed E-state index contributed by atoms with van der Waals surface area (Å²) in [6, 6.07) is 6.53. The van der Waals surface area contributed by atoms with Gasteiger partial charge in [0.25, 0.3) is 0 Å². The third-order valence-electron chi connectivity index (χ3n) is 2.94. The molecule has 4 nitrogen and oxygen atoms in total. The molecule has 1 aromatic carbocycles. The van der Waals surface area contributed by atoms with E-state index in [1.807, 2.05) is 0 Å². The standard InChI is InChI=1S/C14H21NO3/c1-4-14(2,3)15-8-9-18-12-7-5-6-11(10-12)13(16)17/h5-7,10,15H,4,8-9H2,1-3H3,(H,16,17). The van der Waals surface area contributed by atoms with E-state index in [2.05, 4.69) is 26.1 Å². The lowest BCUT2D eigenvalue weighted by Crippen LogP contribution is -2.40. The largest absolute Gasteiger partial charge is 0.492 e. The number of hydrogen-bond donors (Lipinski definition) is 2. The van der Waals surface area contributed by atoms with E-state index in [4.69, 9.17) is 9.84 Å². The third kappa shape index (κ3) is 4.75. The van der Waals surface area contributed by atoms with Crippen LogP contribution >= 0.6 is 0 Å². The second kappa shape index (κ2) is 6.40. The molecule has 0 aromatic heterocycles. The fraction of sp³-hybridized carbons (Fsp3) is 0.500. The van der Waals surface area contributed by atoms with Crippen molar-refractivity contribution in [1.29, 1.82) is 0 Å². The minimum Gasteiger partial charge on any atom is -0.492 e. The second-order valence-corrected chi connectivity index (χ2v) is 4.85. The lowest BCUT2D eigenvalue weighted by molar-refractivity contribution is 0.0696. The van der Waals surface area contributed by atoms with Gasteiger partial charge in [0.2, 0.25) is 0 Å². The maximum atomic E-state index is 10.8. The molecule has 1 aromatic rings. The van der Waals surface area contributed by atoms with E-state index >= 15 is 0 Å². The van der Waals surface area contributed by atoms with E-state index in [0.29, 0.717) is 12.4 Å². The van der Waals surface area contributed by atoms with Crippen LogP contribution in [0.2, 0.25) is 0 Å². The Bertz CT molecular complexity index is 402. The summed E-state index contributed by atoms with van der Waals surface area (Å²) in [6.45, 7) is 7.66. The molecule has 100 valence electrons. The summed E-state index contributed by atoms with van der Waals surface area (Å²) in [4.78, 5) is 10.8. The summed E-state index contributed by atoms with van der Waals surface area (Å²) in [5.41, 5.74) is 0.348. The van der Waals surface area contributed by atoms with Crippen LogP contribution in [0.25, 0.3) is 0 Å². The molecule has 0 radical (unpaired) electrons. The Morgan fingerprint density at radius 2 is 2.17 bits per heavy atom. The molecule has 18 heavy (non-hydrogen) atoms. The summed E-state index contributed by atoms with van der Waals surface area (Å²) < 4.78 is 5.51. The van der Waals surface area contributed by atoms with Gasteiger partial charge in [-0.3, -0.25) is 0 Å². The van der Waals surface area contributed by atoms with Gasteiger partial charge in [-0.25, -0.2) is 4.79 Å². The zero-order valence-electron chi connectivity index (χ0n) is 11.2. The molecule has 0 saturated heterocycles. The molecule has 0 aliphatic heterocycles. The molecule has 0 fully saturated rings. The molecule has 0 amide bonds. The molecule has 0 saturated carbocycles. The predicted molar refractivity (Wildman–Crippen MR) is 71.3 cm³/mol. The molecular formula is C14H21NO3. The minimum atomic E-state index is -0.939. The third-order valence-corrected chi connectivity index (χ3v) is 2.94. The number of rotatable bonds is 7. The highest BCUT2D eigenvalue weighted by atomic mass is 16.5. The zero-order valence-corrected chi connectivity index (χ0v) is 11.2. The molecule has 0 unspecified atom stereocenters. The SMILES string of the molecule is CCC(C)(C)NCCOc1cccc(C(=O)O)c1. The first-order valence-corrected chi connectivity index (χ1v) is 6.16. The number of aromatic carboxylic acids is 1. The molecule has 0 heterocycles. The number of nitrogens with one attached hydrogen (secondary N) is 1. The fourth-order valence-corrected chi connectivity index (χ4v) is 1.40. The summed E-state index contributed by atoms with van der Waals surface area (Å²) in [5, 5.41) is 12.2. The highest BCUT2D eigenvalue weighted by molar-refractivity contribution is 5.87. The summed E-state index contributed by atoms with van der Waals surface area (Å²) in [5.74, 6) is -0.350. The number of ether oxygens (including phenoxy) is 1. The van der Waals surface area contributed by atoms with Crippen LogP contribution in [0.3, 0.4) is 0 Å². The number of carbonyl (C=O) groups is 1. The molecule has 0 atom stereocenters. The van der Waals surface area contributed by atoms with Gasteiger partial charge in [0.05, 0.1) is 5.56 Å². The van der Waals surface area contributed by atoms with Crippen molar-refractivity contribution in [3.63, 3.8) is 0 Å². The summed E-state index contributed by atoms with van der Waals surface area (Å²) in [7, 11) is 0. The summed E-state index contributed by atoms with van der Waals surface area (Å²) in [6.07, 6.45) is 1.04. The van der Waals surface area contributed by atoms with Crippen LogP contribution in [0.1, 0.15) is 37.6 Å². The van der Waals surface area contributed by atoms with Crippen molar-refractivity contribution in [2.24, 2.45) is 0 Å². The summed E-state index contributed by atoms with van der Waals surface area (Å²) >= 11 is 0. The van der Waals surface area contributed by atoms with Gasteiger partial charge in [0.15, 0.2) is 0 Å². The van der Waals surface area contributed by atoms with E-state index in [1.165, 1.54) is 6.07 Å². The van der Waals surface area contributed by atoms with E-state index < -0.39 is 5.97 Å². The number of benzene rings is 1. The second-order valence-electron chi connectivity index (χ2n) is 4.85. The number of carboxylic acids is 1. The van der Waals surface area contributed by atoms with Gasteiger partial charge >= 0.3 is 5.97 Å². The fourth-order valence-electron chi connectivity index (χ4n) is 1.40. The van der Waals surface area contributed by atoms with Crippen molar-refractivity contribution in [3.05, 3.63) is 29.8 Å². The van der Waals surface area contributed by atoms with Crippen LogP contribution in [0, 0.1) is 0 Å². The zero-order chi connectivity index (χ0) is 13.6.